The Morgan fingerprint density at radius 1 is 1.11 bits per heavy atom. The molecule has 0 spiro atoms. The minimum atomic E-state index is -0.499. The number of ketones is 1. The van der Waals surface area contributed by atoms with E-state index in [2.05, 4.69) is 10.3 Å². The van der Waals surface area contributed by atoms with Gasteiger partial charge in [-0.15, -0.1) is 11.3 Å². The lowest BCUT2D eigenvalue weighted by molar-refractivity contribution is -0.142. The number of hydrogen-bond donors (Lipinski definition) is 1. The predicted octanol–water partition coefficient (Wildman–Crippen LogP) is 5.83. The third-order valence-electron chi connectivity index (χ3n) is 7.49. The molecule has 0 saturated carbocycles. The number of rotatable bonds is 10. The van der Waals surface area contributed by atoms with Crippen molar-refractivity contribution in [2.45, 2.75) is 66.0 Å². The number of hydrogen-bond acceptors (Lipinski definition) is 5. The number of likely N-dealkylation sites (tertiary alicyclic amines) is 1. The summed E-state index contributed by atoms with van der Waals surface area (Å²) in [5.41, 5.74) is 6.67. The molecule has 2 aromatic carbocycles. The van der Waals surface area contributed by atoms with Crippen LogP contribution in [0.2, 0.25) is 0 Å². The molecule has 0 bridgehead atoms. The fraction of sp³-hybridized carbons (Fsp3) is 0.419. The van der Waals surface area contributed by atoms with E-state index in [0.717, 1.165) is 40.1 Å². The van der Waals surface area contributed by atoms with Gasteiger partial charge in [0, 0.05) is 31.0 Å². The second kappa shape index (κ2) is 12.5. The maximum absolute atomic E-state index is 13.7. The van der Waals surface area contributed by atoms with Crippen molar-refractivity contribution >= 4 is 28.9 Å². The largest absolute Gasteiger partial charge is 0.350 e. The first-order valence-electron chi connectivity index (χ1n) is 13.5. The molecule has 38 heavy (non-hydrogen) atoms. The van der Waals surface area contributed by atoms with Crippen LogP contribution in [-0.2, 0) is 22.6 Å². The van der Waals surface area contributed by atoms with Crippen molar-refractivity contribution in [3.05, 3.63) is 76.4 Å². The zero-order chi connectivity index (χ0) is 27.2. The smallest absolute Gasteiger partial charge is 0.243 e. The van der Waals surface area contributed by atoms with Crippen molar-refractivity contribution in [2.75, 3.05) is 6.54 Å². The highest BCUT2D eigenvalue weighted by molar-refractivity contribution is 7.13. The quantitative estimate of drug-likeness (QED) is 0.334. The highest BCUT2D eigenvalue weighted by atomic mass is 32.1. The summed E-state index contributed by atoms with van der Waals surface area (Å²) in [5, 5.41) is 3.03. The van der Waals surface area contributed by atoms with Gasteiger partial charge in [-0.3, -0.25) is 14.4 Å². The van der Waals surface area contributed by atoms with E-state index in [1.54, 1.807) is 16.2 Å². The van der Waals surface area contributed by atoms with E-state index in [1.165, 1.54) is 0 Å². The van der Waals surface area contributed by atoms with E-state index >= 15 is 0 Å². The molecule has 200 valence electrons. The summed E-state index contributed by atoms with van der Waals surface area (Å²) in [4.78, 5) is 47.2. The number of carbonyl (C=O) groups is 3. The van der Waals surface area contributed by atoms with Crippen LogP contribution in [0.3, 0.4) is 0 Å². The van der Waals surface area contributed by atoms with Gasteiger partial charge in [0.1, 0.15) is 6.04 Å². The van der Waals surface area contributed by atoms with Crippen LogP contribution in [0.25, 0.3) is 10.4 Å². The van der Waals surface area contributed by atoms with E-state index in [4.69, 9.17) is 0 Å². The van der Waals surface area contributed by atoms with Crippen molar-refractivity contribution in [1.29, 1.82) is 0 Å². The van der Waals surface area contributed by atoms with Crippen LogP contribution < -0.4 is 5.32 Å². The molecule has 1 N–H and O–H groups in total. The molecular weight excluding hydrogens is 494 g/mol. The van der Waals surface area contributed by atoms with Crippen molar-refractivity contribution < 1.29 is 14.4 Å². The number of Topliss-reactive ketones (excluding diaryl/α,β-unsaturated/α-hetero) is 1. The molecule has 1 aliphatic heterocycles. The number of nitrogens with one attached hydrogen (secondary N) is 1. The Kier molecular flexibility index (Phi) is 9.10. The maximum atomic E-state index is 13.7. The summed E-state index contributed by atoms with van der Waals surface area (Å²) >= 11 is 1.62. The molecule has 0 radical (unpaired) electrons. The average molecular weight is 532 g/mol. The van der Waals surface area contributed by atoms with Crippen LogP contribution in [0.15, 0.2) is 54.0 Å². The summed E-state index contributed by atoms with van der Waals surface area (Å²) < 4.78 is 0. The average Bonchev–Trinajstić information content (AvgIpc) is 3.59. The zero-order valence-corrected chi connectivity index (χ0v) is 23.5. The Morgan fingerprint density at radius 2 is 1.84 bits per heavy atom. The first kappa shape index (κ1) is 27.7. The predicted molar refractivity (Wildman–Crippen MR) is 152 cm³/mol. The molecular formula is C31H37N3O3S. The second-order valence-corrected chi connectivity index (χ2v) is 11.2. The highest BCUT2D eigenvalue weighted by Crippen LogP contribution is 2.28. The van der Waals surface area contributed by atoms with Crippen LogP contribution in [0.4, 0.5) is 0 Å². The molecule has 1 aromatic heterocycles. The Morgan fingerprint density at radius 3 is 2.50 bits per heavy atom. The van der Waals surface area contributed by atoms with E-state index < -0.39 is 12.0 Å². The van der Waals surface area contributed by atoms with Gasteiger partial charge in [0.15, 0.2) is 5.78 Å². The lowest BCUT2D eigenvalue weighted by Crippen LogP contribution is -2.48. The molecule has 2 atom stereocenters. The molecule has 2 unspecified atom stereocenters. The van der Waals surface area contributed by atoms with Gasteiger partial charge in [0.2, 0.25) is 11.8 Å². The number of nitrogens with zero attached hydrogens (tertiary/aromatic N) is 2. The molecule has 1 aliphatic rings. The summed E-state index contributed by atoms with van der Waals surface area (Å²) in [6.45, 7) is 8.93. The fourth-order valence-corrected chi connectivity index (χ4v) is 6.01. The number of carbonyl (C=O) groups excluding carboxylic acids is 3. The molecule has 2 heterocycles. The monoisotopic (exact) mass is 531 g/mol. The van der Waals surface area contributed by atoms with Crippen LogP contribution in [0.1, 0.15) is 67.2 Å². The van der Waals surface area contributed by atoms with E-state index in [0.29, 0.717) is 25.1 Å². The number of aryl methyl sites for hydroxylation is 2. The Hall–Kier alpha value is -3.32. The topological polar surface area (TPSA) is 79.4 Å². The van der Waals surface area contributed by atoms with Gasteiger partial charge < -0.3 is 10.2 Å². The van der Waals surface area contributed by atoms with Gasteiger partial charge in [0.05, 0.1) is 16.1 Å². The van der Waals surface area contributed by atoms with Crippen LogP contribution >= 0.6 is 11.3 Å². The van der Waals surface area contributed by atoms with Crippen LogP contribution in [0, 0.1) is 18.8 Å². The Labute approximate surface area is 229 Å². The number of thiazole rings is 1. The van der Waals surface area contributed by atoms with Crippen molar-refractivity contribution in [3.8, 4) is 10.4 Å². The Bertz CT molecular complexity index is 1280. The molecule has 2 amide bonds. The summed E-state index contributed by atoms with van der Waals surface area (Å²) in [6.07, 6.45) is 2.34. The van der Waals surface area contributed by atoms with Gasteiger partial charge in [0.25, 0.3) is 0 Å². The Balaban J connectivity index is 1.39. The van der Waals surface area contributed by atoms with Crippen molar-refractivity contribution in [1.82, 2.24) is 15.2 Å². The van der Waals surface area contributed by atoms with Crippen LogP contribution in [0.5, 0.6) is 0 Å². The first-order valence-corrected chi connectivity index (χ1v) is 14.4. The lowest BCUT2D eigenvalue weighted by atomic mass is 9.86. The number of benzene rings is 2. The maximum Gasteiger partial charge on any atom is 0.243 e. The molecule has 0 aliphatic carbocycles. The number of amides is 2. The highest BCUT2D eigenvalue weighted by Gasteiger charge is 2.38. The SMILES string of the molecule is CCc1ccccc1C(=O)CC(C(=O)N1CCCC1C(=O)NCc1ccc(-c2scnc2C)cc1)C(C)C. The lowest BCUT2D eigenvalue weighted by Gasteiger charge is -2.30. The van der Waals surface area contributed by atoms with Crippen molar-refractivity contribution in [3.63, 3.8) is 0 Å². The molecule has 3 aromatic rings. The summed E-state index contributed by atoms with van der Waals surface area (Å²) in [6, 6.07) is 15.2. The summed E-state index contributed by atoms with van der Waals surface area (Å²) in [7, 11) is 0. The minimum absolute atomic E-state index is 0.00771. The normalized spacial score (nSPS) is 16.0. The van der Waals surface area contributed by atoms with Crippen molar-refractivity contribution in [2.24, 2.45) is 11.8 Å². The molecule has 1 saturated heterocycles. The van der Waals surface area contributed by atoms with Gasteiger partial charge >= 0.3 is 0 Å². The molecule has 6 nitrogen and oxygen atoms in total. The summed E-state index contributed by atoms with van der Waals surface area (Å²) in [5.74, 6) is -0.701. The molecule has 7 heteroatoms. The van der Waals surface area contributed by atoms with Gasteiger partial charge in [-0.1, -0.05) is 69.3 Å². The third kappa shape index (κ3) is 6.21. The van der Waals surface area contributed by atoms with E-state index in [9.17, 15) is 14.4 Å². The van der Waals surface area contributed by atoms with E-state index in [-0.39, 0.29) is 29.9 Å². The van der Waals surface area contributed by atoms with E-state index in [1.807, 2.05) is 81.7 Å². The van der Waals surface area contributed by atoms with Crippen LogP contribution in [-0.4, -0.2) is 40.1 Å². The molecule has 1 fully saturated rings. The minimum Gasteiger partial charge on any atom is -0.350 e. The van der Waals surface area contributed by atoms with Gasteiger partial charge in [-0.25, -0.2) is 4.98 Å². The second-order valence-electron chi connectivity index (χ2n) is 10.4. The third-order valence-corrected chi connectivity index (χ3v) is 8.47. The first-order chi connectivity index (χ1) is 18.3. The van der Waals surface area contributed by atoms with Gasteiger partial charge in [-0.2, -0.15) is 0 Å². The van der Waals surface area contributed by atoms with Gasteiger partial charge in [-0.05, 0) is 48.8 Å². The molecule has 4 rings (SSSR count). The number of aromatic nitrogens is 1. The standard InChI is InChI=1S/C31H37N3O3S/c1-5-23-9-6-7-10-25(23)28(35)17-26(20(2)3)31(37)34-16-8-11-27(34)30(36)32-18-22-12-14-24(15-13-22)29-21(4)33-19-38-29/h6-7,9-10,12-15,19-20,26-27H,5,8,11,16-18H2,1-4H3,(H,32,36). The fourth-order valence-electron chi connectivity index (χ4n) is 5.19. The zero-order valence-electron chi connectivity index (χ0n) is 22.7.